The van der Waals surface area contributed by atoms with Gasteiger partial charge in [0.25, 0.3) is 0 Å². The summed E-state index contributed by atoms with van der Waals surface area (Å²) < 4.78 is 0. The summed E-state index contributed by atoms with van der Waals surface area (Å²) in [5, 5.41) is 2.87. The third kappa shape index (κ3) is 3.20. The first-order chi connectivity index (χ1) is 8.66. The molecule has 1 atom stereocenters. The third-order valence-electron chi connectivity index (χ3n) is 3.50. The highest BCUT2D eigenvalue weighted by Gasteiger charge is 2.24. The lowest BCUT2D eigenvalue weighted by Crippen LogP contribution is -2.44. The van der Waals surface area contributed by atoms with Crippen LogP contribution in [0.4, 0.5) is 10.5 Å². The molecule has 0 spiro atoms. The van der Waals surface area contributed by atoms with Crippen molar-refractivity contribution >= 4 is 11.7 Å². The lowest BCUT2D eigenvalue weighted by Gasteiger charge is -2.33. The van der Waals surface area contributed by atoms with Crippen LogP contribution in [0.5, 0.6) is 0 Å². The number of likely N-dealkylation sites (tertiary alicyclic amines) is 1. The first-order valence-corrected chi connectivity index (χ1v) is 6.38. The zero-order valence-electron chi connectivity index (χ0n) is 10.7. The van der Waals surface area contributed by atoms with E-state index in [4.69, 9.17) is 5.73 Å². The highest BCUT2D eigenvalue weighted by molar-refractivity contribution is 5.89. The van der Waals surface area contributed by atoms with E-state index in [9.17, 15) is 4.79 Å². The van der Waals surface area contributed by atoms with Crippen LogP contribution >= 0.6 is 0 Å². The van der Waals surface area contributed by atoms with Crippen molar-refractivity contribution in [1.29, 1.82) is 0 Å². The SMILES string of the molecule is CC(N)C1CCN(C(=O)Nc2ccncc2)CC1. The van der Waals surface area contributed by atoms with Gasteiger partial charge in [-0.05, 0) is 37.8 Å². The number of nitrogens with two attached hydrogens (primary N) is 1. The molecule has 2 heterocycles. The predicted molar refractivity (Wildman–Crippen MR) is 71.2 cm³/mol. The highest BCUT2D eigenvalue weighted by Crippen LogP contribution is 2.20. The fraction of sp³-hybridized carbons (Fsp3) is 0.538. The van der Waals surface area contributed by atoms with Crippen molar-refractivity contribution in [3.63, 3.8) is 0 Å². The fourth-order valence-corrected chi connectivity index (χ4v) is 2.27. The number of nitrogens with one attached hydrogen (secondary N) is 1. The minimum absolute atomic E-state index is 0.0377. The molecule has 1 aromatic heterocycles. The minimum Gasteiger partial charge on any atom is -0.328 e. The third-order valence-corrected chi connectivity index (χ3v) is 3.50. The summed E-state index contributed by atoms with van der Waals surface area (Å²) in [6.07, 6.45) is 5.30. The van der Waals surface area contributed by atoms with Gasteiger partial charge in [-0.15, -0.1) is 0 Å². The number of nitrogens with zero attached hydrogens (tertiary/aromatic N) is 2. The molecule has 3 N–H and O–H groups in total. The van der Waals surface area contributed by atoms with Crippen molar-refractivity contribution in [2.24, 2.45) is 11.7 Å². The monoisotopic (exact) mass is 248 g/mol. The van der Waals surface area contributed by atoms with E-state index in [1.54, 1.807) is 24.5 Å². The van der Waals surface area contributed by atoms with Gasteiger partial charge >= 0.3 is 6.03 Å². The van der Waals surface area contributed by atoms with Gasteiger partial charge in [0.15, 0.2) is 0 Å². The number of rotatable bonds is 2. The van der Waals surface area contributed by atoms with Gasteiger partial charge in [-0.25, -0.2) is 4.79 Å². The molecule has 18 heavy (non-hydrogen) atoms. The summed E-state index contributed by atoms with van der Waals surface area (Å²) in [5.74, 6) is 0.537. The van der Waals surface area contributed by atoms with Crippen LogP contribution in [-0.2, 0) is 0 Å². The normalized spacial score (nSPS) is 18.4. The van der Waals surface area contributed by atoms with Crippen LogP contribution in [0.25, 0.3) is 0 Å². The topological polar surface area (TPSA) is 71.2 Å². The number of piperidine rings is 1. The molecule has 1 unspecified atom stereocenters. The molecule has 5 heteroatoms. The lowest BCUT2D eigenvalue weighted by atomic mass is 9.91. The zero-order valence-corrected chi connectivity index (χ0v) is 10.7. The molecule has 98 valence electrons. The van der Waals surface area contributed by atoms with E-state index in [1.807, 2.05) is 11.8 Å². The summed E-state index contributed by atoms with van der Waals surface area (Å²) in [7, 11) is 0. The maximum absolute atomic E-state index is 12.0. The Morgan fingerprint density at radius 1 is 1.44 bits per heavy atom. The first-order valence-electron chi connectivity index (χ1n) is 6.38. The van der Waals surface area contributed by atoms with Crippen molar-refractivity contribution in [3.05, 3.63) is 24.5 Å². The Morgan fingerprint density at radius 3 is 2.61 bits per heavy atom. The van der Waals surface area contributed by atoms with Crippen LogP contribution in [-0.4, -0.2) is 35.0 Å². The van der Waals surface area contributed by atoms with E-state index < -0.39 is 0 Å². The number of pyridine rings is 1. The molecule has 0 aliphatic carbocycles. The van der Waals surface area contributed by atoms with Crippen molar-refractivity contribution in [2.75, 3.05) is 18.4 Å². The highest BCUT2D eigenvalue weighted by atomic mass is 16.2. The van der Waals surface area contributed by atoms with Gasteiger partial charge in [-0.1, -0.05) is 0 Å². The van der Waals surface area contributed by atoms with Crippen molar-refractivity contribution in [1.82, 2.24) is 9.88 Å². The van der Waals surface area contributed by atoms with E-state index >= 15 is 0 Å². The number of anilines is 1. The Morgan fingerprint density at radius 2 is 2.06 bits per heavy atom. The van der Waals surface area contributed by atoms with E-state index in [-0.39, 0.29) is 12.1 Å². The largest absolute Gasteiger partial charge is 0.328 e. The van der Waals surface area contributed by atoms with Gasteiger partial charge in [0.05, 0.1) is 0 Å². The Hall–Kier alpha value is -1.62. The van der Waals surface area contributed by atoms with Crippen LogP contribution in [0, 0.1) is 5.92 Å². The van der Waals surface area contributed by atoms with E-state index in [0.29, 0.717) is 5.92 Å². The molecular formula is C13H20N4O. The second-order valence-corrected chi connectivity index (χ2v) is 4.85. The number of carbonyl (C=O) groups is 1. The molecule has 1 fully saturated rings. The zero-order chi connectivity index (χ0) is 13.0. The van der Waals surface area contributed by atoms with Gasteiger partial charge in [0, 0.05) is 37.2 Å². The molecule has 0 bridgehead atoms. The van der Waals surface area contributed by atoms with Crippen LogP contribution in [0.3, 0.4) is 0 Å². The number of aromatic nitrogens is 1. The van der Waals surface area contributed by atoms with Gasteiger partial charge in [0.1, 0.15) is 0 Å². The molecule has 1 saturated heterocycles. The maximum Gasteiger partial charge on any atom is 0.321 e. The van der Waals surface area contributed by atoms with Gasteiger partial charge < -0.3 is 16.0 Å². The van der Waals surface area contributed by atoms with Crippen LogP contribution in [0.2, 0.25) is 0 Å². The van der Waals surface area contributed by atoms with E-state index in [2.05, 4.69) is 10.3 Å². The number of amides is 2. The van der Waals surface area contributed by atoms with E-state index in [1.165, 1.54) is 0 Å². The summed E-state index contributed by atoms with van der Waals surface area (Å²) >= 11 is 0. The molecule has 2 rings (SSSR count). The Labute approximate surface area is 107 Å². The first kappa shape index (κ1) is 12.8. The van der Waals surface area contributed by atoms with Crippen LogP contribution in [0.15, 0.2) is 24.5 Å². The van der Waals surface area contributed by atoms with Gasteiger partial charge in [0.2, 0.25) is 0 Å². The van der Waals surface area contributed by atoms with Crippen LogP contribution < -0.4 is 11.1 Å². The number of hydrogen-bond acceptors (Lipinski definition) is 3. The summed E-state index contributed by atoms with van der Waals surface area (Å²) in [4.78, 5) is 17.8. The molecule has 0 saturated carbocycles. The summed E-state index contributed by atoms with van der Waals surface area (Å²) in [6.45, 7) is 3.60. The molecule has 5 nitrogen and oxygen atoms in total. The number of urea groups is 1. The smallest absolute Gasteiger partial charge is 0.321 e. The minimum atomic E-state index is -0.0377. The fourth-order valence-electron chi connectivity index (χ4n) is 2.27. The molecule has 0 radical (unpaired) electrons. The summed E-state index contributed by atoms with van der Waals surface area (Å²) in [5.41, 5.74) is 6.67. The molecule has 2 amide bonds. The van der Waals surface area contributed by atoms with Gasteiger partial charge in [-0.3, -0.25) is 4.98 Å². The molecular weight excluding hydrogens is 228 g/mol. The molecule has 1 aliphatic rings. The average molecular weight is 248 g/mol. The Kier molecular flexibility index (Phi) is 4.15. The second-order valence-electron chi connectivity index (χ2n) is 4.85. The molecule has 1 aliphatic heterocycles. The molecule has 1 aromatic rings. The number of carbonyl (C=O) groups excluding carboxylic acids is 1. The Balaban J connectivity index is 1.85. The van der Waals surface area contributed by atoms with Crippen molar-refractivity contribution < 1.29 is 4.79 Å². The summed E-state index contributed by atoms with van der Waals surface area (Å²) in [6, 6.07) is 3.75. The lowest BCUT2D eigenvalue weighted by molar-refractivity contribution is 0.176. The molecule has 0 aromatic carbocycles. The van der Waals surface area contributed by atoms with Gasteiger partial charge in [-0.2, -0.15) is 0 Å². The Bertz CT molecular complexity index is 385. The van der Waals surface area contributed by atoms with Crippen molar-refractivity contribution in [2.45, 2.75) is 25.8 Å². The standard InChI is InChI=1S/C13H20N4O/c1-10(14)11-4-8-17(9-5-11)13(18)16-12-2-6-15-7-3-12/h2-3,6-7,10-11H,4-5,8-9,14H2,1H3,(H,15,16,18). The van der Waals surface area contributed by atoms with Crippen molar-refractivity contribution in [3.8, 4) is 0 Å². The number of hydrogen-bond donors (Lipinski definition) is 2. The predicted octanol–water partition coefficient (Wildman–Crippen LogP) is 1.67. The quantitative estimate of drug-likeness (QED) is 0.836. The van der Waals surface area contributed by atoms with E-state index in [0.717, 1.165) is 31.6 Å². The second kappa shape index (κ2) is 5.82. The van der Waals surface area contributed by atoms with Crippen LogP contribution in [0.1, 0.15) is 19.8 Å². The average Bonchev–Trinajstić information content (AvgIpc) is 2.40. The maximum atomic E-state index is 12.0.